The highest BCUT2D eigenvalue weighted by Gasteiger charge is 2.19. The van der Waals surface area contributed by atoms with Gasteiger partial charge in [-0.2, -0.15) is 0 Å². The van der Waals surface area contributed by atoms with Crippen molar-refractivity contribution in [1.29, 1.82) is 0 Å². The van der Waals surface area contributed by atoms with Crippen LogP contribution in [0.5, 0.6) is 0 Å². The van der Waals surface area contributed by atoms with Crippen LogP contribution in [0.3, 0.4) is 0 Å². The van der Waals surface area contributed by atoms with E-state index in [1.807, 2.05) is 20.8 Å². The Morgan fingerprint density at radius 3 is 2.43 bits per heavy atom. The molecule has 0 aliphatic heterocycles. The van der Waals surface area contributed by atoms with Gasteiger partial charge in [0.25, 0.3) is 5.91 Å². The van der Waals surface area contributed by atoms with E-state index in [4.69, 9.17) is 11.6 Å². The van der Waals surface area contributed by atoms with E-state index in [1.165, 1.54) is 0 Å². The molecule has 3 N–H and O–H groups in total. The fraction of sp³-hybridized carbons (Fsp3) is 0.467. The van der Waals surface area contributed by atoms with E-state index in [0.717, 1.165) is 0 Å². The van der Waals surface area contributed by atoms with Crippen LogP contribution in [-0.2, 0) is 4.79 Å². The van der Waals surface area contributed by atoms with Gasteiger partial charge in [0, 0.05) is 23.3 Å². The molecule has 0 saturated carbocycles. The van der Waals surface area contributed by atoms with Gasteiger partial charge < -0.3 is 16.0 Å². The fourth-order valence-electron chi connectivity index (χ4n) is 1.80. The van der Waals surface area contributed by atoms with Gasteiger partial charge in [-0.1, -0.05) is 11.6 Å². The summed E-state index contributed by atoms with van der Waals surface area (Å²) in [5.41, 5.74) is 1.12. The first kappa shape index (κ1) is 17.3. The Hall–Kier alpha value is -1.75. The minimum Gasteiger partial charge on any atom is -0.385 e. The second-order valence-corrected chi connectivity index (χ2v) is 5.52. The smallest absolute Gasteiger partial charge is 0.254 e. The molecule has 0 aromatic heterocycles. The van der Waals surface area contributed by atoms with Crippen LogP contribution in [0.15, 0.2) is 18.2 Å². The number of halogens is 1. The average molecular weight is 312 g/mol. The van der Waals surface area contributed by atoms with Gasteiger partial charge >= 0.3 is 0 Å². The van der Waals surface area contributed by atoms with E-state index in [-0.39, 0.29) is 17.9 Å². The van der Waals surface area contributed by atoms with Crippen molar-refractivity contribution in [3.8, 4) is 0 Å². The summed E-state index contributed by atoms with van der Waals surface area (Å²) >= 11 is 5.94. The van der Waals surface area contributed by atoms with Crippen LogP contribution < -0.4 is 16.0 Å². The van der Waals surface area contributed by atoms with Crippen molar-refractivity contribution in [3.63, 3.8) is 0 Å². The van der Waals surface area contributed by atoms with Gasteiger partial charge in [0.1, 0.15) is 6.04 Å². The third-order valence-corrected chi connectivity index (χ3v) is 3.00. The predicted molar refractivity (Wildman–Crippen MR) is 85.8 cm³/mol. The first-order valence-electron chi connectivity index (χ1n) is 6.99. The molecule has 0 aliphatic carbocycles. The maximum atomic E-state index is 12.3. The van der Waals surface area contributed by atoms with Gasteiger partial charge in [0.05, 0.1) is 5.56 Å². The Kier molecular flexibility index (Phi) is 6.49. The third kappa shape index (κ3) is 5.27. The molecular formula is C15H22ClN3O2. The lowest BCUT2D eigenvalue weighted by Crippen LogP contribution is -2.46. The Labute approximate surface area is 130 Å². The zero-order valence-electron chi connectivity index (χ0n) is 12.8. The zero-order valence-corrected chi connectivity index (χ0v) is 13.5. The number of carbonyl (C=O) groups is 2. The Balaban J connectivity index is 2.83. The van der Waals surface area contributed by atoms with Gasteiger partial charge in [-0.25, -0.2) is 0 Å². The van der Waals surface area contributed by atoms with Crippen LogP contribution in [-0.4, -0.2) is 30.4 Å². The molecule has 1 atom stereocenters. The second kappa shape index (κ2) is 7.88. The van der Waals surface area contributed by atoms with Gasteiger partial charge in [-0.3, -0.25) is 9.59 Å². The van der Waals surface area contributed by atoms with Crippen molar-refractivity contribution < 1.29 is 9.59 Å². The summed E-state index contributed by atoms with van der Waals surface area (Å²) in [4.78, 5) is 24.1. The van der Waals surface area contributed by atoms with E-state index in [9.17, 15) is 9.59 Å². The summed E-state index contributed by atoms with van der Waals surface area (Å²) in [6.45, 7) is 8.01. The Bertz CT molecular complexity index is 518. The van der Waals surface area contributed by atoms with Crippen LogP contribution in [0, 0.1) is 0 Å². The van der Waals surface area contributed by atoms with E-state index >= 15 is 0 Å². The molecule has 0 spiro atoms. The standard InChI is InChI=1S/C15H22ClN3O2/c1-5-17-13-7-6-11(16)8-12(13)15(21)19-10(4)14(20)18-9(2)3/h6-10,17H,5H2,1-4H3,(H,18,20)(H,19,21). The number of carbonyl (C=O) groups excluding carboxylic acids is 2. The maximum Gasteiger partial charge on any atom is 0.254 e. The summed E-state index contributed by atoms with van der Waals surface area (Å²) in [7, 11) is 0. The van der Waals surface area contributed by atoms with E-state index in [2.05, 4.69) is 16.0 Å². The molecule has 6 heteroatoms. The summed E-state index contributed by atoms with van der Waals surface area (Å²) in [6.07, 6.45) is 0. The fourth-order valence-corrected chi connectivity index (χ4v) is 1.97. The van der Waals surface area contributed by atoms with Crippen molar-refractivity contribution >= 4 is 29.1 Å². The topological polar surface area (TPSA) is 70.2 Å². The number of hydrogen-bond donors (Lipinski definition) is 3. The summed E-state index contributed by atoms with van der Waals surface area (Å²) < 4.78 is 0. The lowest BCUT2D eigenvalue weighted by Gasteiger charge is -2.17. The average Bonchev–Trinajstić information content (AvgIpc) is 2.40. The first-order valence-corrected chi connectivity index (χ1v) is 7.37. The van der Waals surface area contributed by atoms with Crippen LogP contribution in [0.25, 0.3) is 0 Å². The Morgan fingerprint density at radius 2 is 1.86 bits per heavy atom. The Morgan fingerprint density at radius 1 is 1.19 bits per heavy atom. The van der Waals surface area contributed by atoms with Crippen LogP contribution >= 0.6 is 11.6 Å². The largest absolute Gasteiger partial charge is 0.385 e. The van der Waals surface area contributed by atoms with Gasteiger partial charge in [-0.05, 0) is 45.9 Å². The van der Waals surface area contributed by atoms with Crippen LogP contribution in [0.1, 0.15) is 38.1 Å². The summed E-state index contributed by atoms with van der Waals surface area (Å²) in [5, 5.41) is 9.01. The van der Waals surface area contributed by atoms with E-state index in [0.29, 0.717) is 22.8 Å². The highest BCUT2D eigenvalue weighted by molar-refractivity contribution is 6.31. The van der Waals surface area contributed by atoms with Crippen molar-refractivity contribution in [2.24, 2.45) is 0 Å². The van der Waals surface area contributed by atoms with Gasteiger partial charge in [-0.15, -0.1) is 0 Å². The lowest BCUT2D eigenvalue weighted by molar-refractivity contribution is -0.123. The molecule has 116 valence electrons. The molecular weight excluding hydrogens is 290 g/mol. The predicted octanol–water partition coefficient (Wildman–Crippen LogP) is 2.41. The van der Waals surface area contributed by atoms with Crippen molar-refractivity contribution in [1.82, 2.24) is 10.6 Å². The molecule has 0 bridgehead atoms. The van der Waals surface area contributed by atoms with Crippen molar-refractivity contribution in [3.05, 3.63) is 28.8 Å². The van der Waals surface area contributed by atoms with E-state index < -0.39 is 6.04 Å². The summed E-state index contributed by atoms with van der Waals surface area (Å²) in [6, 6.07) is 4.46. The minimum atomic E-state index is -0.617. The molecule has 0 fully saturated rings. The number of rotatable bonds is 6. The summed E-state index contributed by atoms with van der Waals surface area (Å²) in [5.74, 6) is -0.551. The molecule has 5 nitrogen and oxygen atoms in total. The maximum absolute atomic E-state index is 12.3. The third-order valence-electron chi connectivity index (χ3n) is 2.77. The zero-order chi connectivity index (χ0) is 16.0. The lowest BCUT2D eigenvalue weighted by atomic mass is 10.1. The van der Waals surface area contributed by atoms with E-state index in [1.54, 1.807) is 25.1 Å². The monoisotopic (exact) mass is 311 g/mol. The highest BCUT2D eigenvalue weighted by atomic mass is 35.5. The number of nitrogens with one attached hydrogen (secondary N) is 3. The minimum absolute atomic E-state index is 0.0281. The molecule has 0 heterocycles. The van der Waals surface area contributed by atoms with Gasteiger partial charge in [0.2, 0.25) is 5.91 Å². The first-order chi connectivity index (χ1) is 9.85. The molecule has 0 saturated heterocycles. The molecule has 1 aromatic rings. The number of hydrogen-bond acceptors (Lipinski definition) is 3. The number of anilines is 1. The normalized spacial score (nSPS) is 11.9. The van der Waals surface area contributed by atoms with Crippen molar-refractivity contribution in [2.75, 3.05) is 11.9 Å². The number of amides is 2. The number of benzene rings is 1. The molecule has 0 radical (unpaired) electrons. The second-order valence-electron chi connectivity index (χ2n) is 5.08. The van der Waals surface area contributed by atoms with Crippen LogP contribution in [0.2, 0.25) is 5.02 Å². The molecule has 2 amide bonds. The molecule has 21 heavy (non-hydrogen) atoms. The molecule has 1 rings (SSSR count). The van der Waals surface area contributed by atoms with Crippen molar-refractivity contribution in [2.45, 2.75) is 39.8 Å². The van der Waals surface area contributed by atoms with Gasteiger partial charge in [0.15, 0.2) is 0 Å². The molecule has 1 aromatic carbocycles. The molecule has 1 unspecified atom stereocenters. The SMILES string of the molecule is CCNc1ccc(Cl)cc1C(=O)NC(C)C(=O)NC(C)C. The molecule has 0 aliphatic rings. The van der Waals surface area contributed by atoms with Crippen LogP contribution in [0.4, 0.5) is 5.69 Å². The highest BCUT2D eigenvalue weighted by Crippen LogP contribution is 2.20. The quantitative estimate of drug-likeness (QED) is 0.755.